The van der Waals surface area contributed by atoms with Gasteiger partial charge in [-0.15, -0.1) is 0 Å². The van der Waals surface area contributed by atoms with Crippen molar-refractivity contribution in [2.24, 2.45) is 0 Å². The van der Waals surface area contributed by atoms with Crippen molar-refractivity contribution in [3.05, 3.63) is 29.8 Å². The first-order valence-electron chi connectivity index (χ1n) is 5.12. The maximum absolute atomic E-state index is 12.9. The normalized spacial score (nSPS) is 14.9. The largest absolute Gasteiger partial charge is 0.496 e. The van der Waals surface area contributed by atoms with Gasteiger partial charge in [-0.1, -0.05) is 18.2 Å². The van der Waals surface area contributed by atoms with Crippen molar-refractivity contribution in [2.45, 2.75) is 25.3 Å². The number of methoxy groups -OCH3 is 1. The van der Waals surface area contributed by atoms with E-state index in [1.165, 1.54) is 14.0 Å². The van der Waals surface area contributed by atoms with Gasteiger partial charge in [0, 0.05) is 0 Å². The number of nitrogens with one attached hydrogen (secondary N) is 1. The van der Waals surface area contributed by atoms with Gasteiger partial charge in [-0.05, 0) is 32.0 Å². The summed E-state index contributed by atoms with van der Waals surface area (Å²) in [5.41, 5.74) is -0.448. The Morgan fingerprint density at radius 3 is 2.50 bits per heavy atom. The van der Waals surface area contributed by atoms with Crippen molar-refractivity contribution < 1.29 is 13.5 Å². The van der Waals surface area contributed by atoms with E-state index in [2.05, 4.69) is 5.32 Å². The molecule has 1 N–H and O–H groups in total. The first-order chi connectivity index (χ1) is 7.53. The summed E-state index contributed by atoms with van der Waals surface area (Å²) in [6, 6.07) is 7.22. The number of likely N-dealkylation sites (N-methyl/N-ethyl adjacent to an activating group) is 1. The van der Waals surface area contributed by atoms with Crippen LogP contribution >= 0.6 is 0 Å². The molecule has 0 radical (unpaired) electrons. The molecule has 0 heterocycles. The monoisotopic (exact) mass is 229 g/mol. The highest BCUT2D eigenvalue weighted by molar-refractivity contribution is 5.34. The summed E-state index contributed by atoms with van der Waals surface area (Å²) in [4.78, 5) is 0. The Labute approximate surface area is 94.6 Å². The lowest BCUT2D eigenvalue weighted by Gasteiger charge is -2.28. The molecule has 90 valence electrons. The minimum atomic E-state index is -2.43. The number of rotatable bonds is 5. The lowest BCUT2D eigenvalue weighted by atomic mass is 9.93. The molecule has 0 fully saturated rings. The van der Waals surface area contributed by atoms with Crippen LogP contribution in [0.2, 0.25) is 0 Å². The summed E-state index contributed by atoms with van der Waals surface area (Å²) >= 11 is 0. The van der Waals surface area contributed by atoms with Gasteiger partial charge in [0.25, 0.3) is 6.43 Å². The zero-order valence-corrected chi connectivity index (χ0v) is 9.76. The quantitative estimate of drug-likeness (QED) is 0.837. The van der Waals surface area contributed by atoms with Crippen LogP contribution in [0.5, 0.6) is 5.75 Å². The molecule has 0 amide bonds. The first kappa shape index (κ1) is 12.9. The van der Waals surface area contributed by atoms with Crippen molar-refractivity contribution >= 4 is 0 Å². The third-order valence-corrected chi connectivity index (χ3v) is 2.80. The molecule has 0 saturated heterocycles. The standard InChI is InChI=1S/C12H17F2NO/c1-12(15-2,11(13)14)8-9-6-4-5-7-10(9)16-3/h4-7,11,15H,8H2,1-3H3. The zero-order valence-electron chi connectivity index (χ0n) is 9.76. The molecular formula is C12H17F2NO. The topological polar surface area (TPSA) is 21.3 Å². The predicted molar refractivity (Wildman–Crippen MR) is 60.2 cm³/mol. The molecule has 0 aliphatic heterocycles. The fourth-order valence-electron chi connectivity index (χ4n) is 1.52. The molecule has 1 rings (SSSR count). The number of ether oxygens (including phenoxy) is 1. The smallest absolute Gasteiger partial charge is 0.256 e. The number of hydrogen-bond donors (Lipinski definition) is 1. The maximum Gasteiger partial charge on any atom is 0.256 e. The fraction of sp³-hybridized carbons (Fsp3) is 0.500. The van der Waals surface area contributed by atoms with Crippen LogP contribution < -0.4 is 10.1 Å². The second kappa shape index (κ2) is 5.25. The van der Waals surface area contributed by atoms with E-state index in [1.807, 2.05) is 12.1 Å². The summed E-state index contributed by atoms with van der Waals surface area (Å²) in [5.74, 6) is 0.643. The van der Waals surface area contributed by atoms with Gasteiger partial charge in [0.1, 0.15) is 5.75 Å². The molecule has 1 unspecified atom stereocenters. The van der Waals surface area contributed by atoms with Gasteiger partial charge in [-0.2, -0.15) is 0 Å². The summed E-state index contributed by atoms with van der Waals surface area (Å²) in [6.07, 6.45) is -2.20. The lowest BCUT2D eigenvalue weighted by molar-refractivity contribution is 0.0448. The van der Waals surface area contributed by atoms with Gasteiger partial charge >= 0.3 is 0 Å². The summed E-state index contributed by atoms with van der Waals surface area (Å²) < 4.78 is 30.9. The van der Waals surface area contributed by atoms with Crippen molar-refractivity contribution in [1.29, 1.82) is 0 Å². The minimum absolute atomic E-state index is 0.227. The molecule has 0 spiro atoms. The second-order valence-corrected chi connectivity index (χ2v) is 3.96. The van der Waals surface area contributed by atoms with Gasteiger partial charge in [0.05, 0.1) is 12.6 Å². The Bertz CT molecular complexity index is 344. The molecule has 0 aliphatic rings. The van der Waals surface area contributed by atoms with E-state index in [4.69, 9.17) is 4.74 Å². The summed E-state index contributed by atoms with van der Waals surface area (Å²) in [5, 5.41) is 2.67. The molecule has 4 heteroatoms. The van der Waals surface area contributed by atoms with E-state index in [0.717, 1.165) is 5.56 Å². The van der Waals surface area contributed by atoms with Crippen LogP contribution in [-0.2, 0) is 6.42 Å². The molecule has 2 nitrogen and oxygen atoms in total. The summed E-state index contributed by atoms with van der Waals surface area (Å²) in [6.45, 7) is 1.50. The molecule has 0 bridgehead atoms. The van der Waals surface area contributed by atoms with Crippen LogP contribution in [0, 0.1) is 0 Å². The SMILES string of the molecule is CNC(C)(Cc1ccccc1OC)C(F)F. The van der Waals surface area contributed by atoms with E-state index in [1.54, 1.807) is 19.2 Å². The van der Waals surface area contributed by atoms with Crippen molar-refractivity contribution in [2.75, 3.05) is 14.2 Å². The van der Waals surface area contributed by atoms with Gasteiger partial charge in [-0.3, -0.25) is 0 Å². The number of para-hydroxylation sites is 1. The molecule has 0 saturated carbocycles. The molecule has 1 aromatic carbocycles. The van der Waals surface area contributed by atoms with Crippen molar-refractivity contribution in [3.63, 3.8) is 0 Å². The zero-order chi connectivity index (χ0) is 12.2. The molecular weight excluding hydrogens is 212 g/mol. The van der Waals surface area contributed by atoms with Crippen LogP contribution in [0.15, 0.2) is 24.3 Å². The van der Waals surface area contributed by atoms with Crippen molar-refractivity contribution in [1.82, 2.24) is 5.32 Å². The number of hydrogen-bond acceptors (Lipinski definition) is 2. The Morgan fingerprint density at radius 1 is 1.38 bits per heavy atom. The summed E-state index contributed by atoms with van der Waals surface area (Å²) in [7, 11) is 3.08. The van der Waals surface area contributed by atoms with Crippen LogP contribution in [0.1, 0.15) is 12.5 Å². The minimum Gasteiger partial charge on any atom is -0.496 e. The van der Waals surface area contributed by atoms with Gasteiger partial charge in [0.15, 0.2) is 0 Å². The molecule has 1 aromatic rings. The van der Waals surface area contributed by atoms with E-state index in [-0.39, 0.29) is 6.42 Å². The third kappa shape index (κ3) is 2.70. The van der Waals surface area contributed by atoms with Crippen LogP contribution in [0.4, 0.5) is 8.78 Å². The van der Waals surface area contributed by atoms with Gasteiger partial charge < -0.3 is 10.1 Å². The Hall–Kier alpha value is -1.16. The highest BCUT2D eigenvalue weighted by atomic mass is 19.3. The van der Waals surface area contributed by atoms with Crippen LogP contribution in [0.3, 0.4) is 0 Å². The number of halogens is 2. The lowest BCUT2D eigenvalue weighted by Crippen LogP contribution is -2.48. The highest BCUT2D eigenvalue weighted by Crippen LogP contribution is 2.26. The Kier molecular flexibility index (Phi) is 4.24. The van der Waals surface area contributed by atoms with E-state index >= 15 is 0 Å². The average molecular weight is 229 g/mol. The molecule has 1 atom stereocenters. The number of alkyl halides is 2. The first-order valence-corrected chi connectivity index (χ1v) is 5.12. The Morgan fingerprint density at radius 2 is 2.00 bits per heavy atom. The highest BCUT2D eigenvalue weighted by Gasteiger charge is 2.34. The van der Waals surface area contributed by atoms with E-state index in [0.29, 0.717) is 5.75 Å². The van der Waals surface area contributed by atoms with Crippen molar-refractivity contribution in [3.8, 4) is 5.75 Å². The molecule has 16 heavy (non-hydrogen) atoms. The van der Waals surface area contributed by atoms with E-state index in [9.17, 15) is 8.78 Å². The predicted octanol–water partition coefficient (Wildman–Crippen LogP) is 2.48. The van der Waals surface area contributed by atoms with E-state index < -0.39 is 12.0 Å². The molecule has 0 aromatic heterocycles. The maximum atomic E-state index is 12.9. The second-order valence-electron chi connectivity index (χ2n) is 3.96. The number of benzene rings is 1. The van der Waals surface area contributed by atoms with Crippen LogP contribution in [-0.4, -0.2) is 26.1 Å². The molecule has 0 aliphatic carbocycles. The Balaban J connectivity index is 2.94. The average Bonchev–Trinajstić information content (AvgIpc) is 2.29. The van der Waals surface area contributed by atoms with Crippen LogP contribution in [0.25, 0.3) is 0 Å². The van der Waals surface area contributed by atoms with Gasteiger partial charge in [-0.25, -0.2) is 8.78 Å². The fourth-order valence-corrected chi connectivity index (χ4v) is 1.52. The third-order valence-electron chi connectivity index (χ3n) is 2.80. The van der Waals surface area contributed by atoms with Gasteiger partial charge in [0.2, 0.25) is 0 Å².